The van der Waals surface area contributed by atoms with E-state index in [2.05, 4.69) is 10.9 Å². The topological polar surface area (TPSA) is 77.8 Å². The van der Waals surface area contributed by atoms with Crippen LogP contribution in [0.1, 0.15) is 31.8 Å². The van der Waals surface area contributed by atoms with Crippen molar-refractivity contribution < 1.29 is 14.0 Å². The van der Waals surface area contributed by atoms with Crippen LogP contribution < -0.4 is 10.9 Å². The van der Waals surface area contributed by atoms with E-state index in [4.69, 9.17) is 28.9 Å². The van der Waals surface area contributed by atoms with E-state index in [-0.39, 0.29) is 11.1 Å². The number of furan rings is 1. The van der Waals surface area contributed by atoms with Crippen LogP contribution in [0.3, 0.4) is 0 Å². The van der Waals surface area contributed by atoms with E-state index in [0.29, 0.717) is 9.98 Å². The van der Waals surface area contributed by atoms with Gasteiger partial charge in [-0.2, -0.15) is 0 Å². The number of rotatable bonds is 4. The number of amides is 2. The molecular formula is C22H20N4O3S2. The summed E-state index contributed by atoms with van der Waals surface area (Å²) in [7, 11) is 3.25. The van der Waals surface area contributed by atoms with Gasteiger partial charge in [0.2, 0.25) is 0 Å². The molecule has 1 aromatic heterocycles. The van der Waals surface area contributed by atoms with Crippen molar-refractivity contribution >= 4 is 46.2 Å². The smallest absolute Gasteiger partial charge is 0.273 e. The minimum atomic E-state index is -0.534. The molecule has 3 aromatic rings. The number of carbonyl (C=O) groups is 2. The molecule has 31 heavy (non-hydrogen) atoms. The highest BCUT2D eigenvalue weighted by Gasteiger charge is 2.23. The van der Waals surface area contributed by atoms with Gasteiger partial charge in [-0.05, 0) is 0 Å². The Morgan fingerprint density at radius 3 is 1.42 bits per heavy atom. The van der Waals surface area contributed by atoms with Gasteiger partial charge in [0, 0.05) is 25.2 Å². The maximum Gasteiger partial charge on any atom is 0.273 e. The van der Waals surface area contributed by atoms with E-state index >= 15 is 0 Å². The summed E-state index contributed by atoms with van der Waals surface area (Å²) in [6.07, 6.45) is 2.42. The molecule has 0 aliphatic heterocycles. The summed E-state index contributed by atoms with van der Waals surface area (Å²) in [6.45, 7) is 0. The summed E-state index contributed by atoms with van der Waals surface area (Å²) in [5.41, 5.74) is 7.00. The van der Waals surface area contributed by atoms with Crippen LogP contribution in [0.25, 0.3) is 0 Å². The van der Waals surface area contributed by atoms with Gasteiger partial charge in [-0.15, -0.1) is 0 Å². The largest absolute Gasteiger partial charge is 0.471 e. The number of carbonyl (C=O) groups excluding carboxylic acids is 2. The van der Waals surface area contributed by atoms with Gasteiger partial charge >= 0.3 is 0 Å². The Hall–Kier alpha value is -3.56. The second-order valence-corrected chi connectivity index (χ2v) is 7.31. The Balaban J connectivity index is 1.66. The van der Waals surface area contributed by atoms with Crippen LogP contribution >= 0.6 is 24.4 Å². The Labute approximate surface area is 190 Å². The lowest BCUT2D eigenvalue weighted by molar-refractivity contribution is 0.0854. The number of hydrogen-bond donors (Lipinski definition) is 2. The fraction of sp³-hybridized carbons (Fsp3) is 0.0909. The van der Waals surface area contributed by atoms with Crippen LogP contribution in [0.4, 0.5) is 0 Å². The molecule has 0 saturated carbocycles. The maximum atomic E-state index is 12.7. The molecule has 0 bridgehead atoms. The predicted octanol–water partition coefficient (Wildman–Crippen LogP) is 3.18. The molecule has 0 unspecified atom stereocenters. The van der Waals surface area contributed by atoms with Crippen molar-refractivity contribution in [1.29, 1.82) is 0 Å². The van der Waals surface area contributed by atoms with Crippen LogP contribution in [0.2, 0.25) is 0 Å². The Morgan fingerprint density at radius 2 is 1.06 bits per heavy atom. The van der Waals surface area contributed by atoms with Crippen molar-refractivity contribution in [3.8, 4) is 0 Å². The van der Waals surface area contributed by atoms with Crippen LogP contribution in [0.5, 0.6) is 0 Å². The fourth-order valence-corrected chi connectivity index (χ4v) is 3.09. The maximum absolute atomic E-state index is 12.7. The van der Waals surface area contributed by atoms with E-state index in [1.54, 1.807) is 14.1 Å². The number of hydrazine groups is 2. The van der Waals surface area contributed by atoms with E-state index < -0.39 is 11.8 Å². The van der Waals surface area contributed by atoms with Crippen molar-refractivity contribution in [2.45, 2.75) is 0 Å². The summed E-state index contributed by atoms with van der Waals surface area (Å²) >= 11 is 10.8. The average molecular weight is 453 g/mol. The van der Waals surface area contributed by atoms with Gasteiger partial charge in [-0.1, -0.05) is 85.1 Å². The molecular weight excluding hydrogens is 432 g/mol. The summed E-state index contributed by atoms with van der Waals surface area (Å²) in [4.78, 5) is 26.3. The van der Waals surface area contributed by atoms with Crippen LogP contribution in [-0.4, -0.2) is 45.9 Å². The third kappa shape index (κ3) is 5.33. The zero-order chi connectivity index (χ0) is 22.4. The predicted molar refractivity (Wildman–Crippen MR) is 125 cm³/mol. The quantitative estimate of drug-likeness (QED) is 0.465. The van der Waals surface area contributed by atoms with Gasteiger partial charge in [0.25, 0.3) is 11.8 Å². The molecule has 158 valence electrons. The molecule has 0 atom stereocenters. The van der Waals surface area contributed by atoms with Gasteiger partial charge in [-0.3, -0.25) is 30.5 Å². The van der Waals surface area contributed by atoms with Crippen molar-refractivity contribution in [2.24, 2.45) is 0 Å². The van der Waals surface area contributed by atoms with E-state index in [0.717, 1.165) is 11.1 Å². The first kappa shape index (κ1) is 22.1. The second-order valence-electron chi connectivity index (χ2n) is 6.54. The lowest BCUT2D eigenvalue weighted by Gasteiger charge is -2.22. The molecule has 0 spiro atoms. The highest BCUT2D eigenvalue weighted by Crippen LogP contribution is 2.12. The van der Waals surface area contributed by atoms with E-state index in [1.165, 1.54) is 22.5 Å². The number of nitrogens with zero attached hydrogens (tertiary/aromatic N) is 2. The Kier molecular flexibility index (Phi) is 7.11. The highest BCUT2D eigenvalue weighted by atomic mass is 32.1. The molecule has 9 heteroatoms. The zero-order valence-corrected chi connectivity index (χ0v) is 18.5. The Morgan fingerprint density at radius 1 is 0.710 bits per heavy atom. The number of thiocarbonyl (C=S) groups is 2. The number of benzene rings is 2. The van der Waals surface area contributed by atoms with Gasteiger partial charge in [0.15, 0.2) is 0 Å². The molecule has 1 heterocycles. The minimum absolute atomic E-state index is 0.0687. The molecule has 0 radical (unpaired) electrons. The molecule has 7 nitrogen and oxygen atoms in total. The SMILES string of the molecule is CN(NC(=O)c1cocc1C(=O)NN(C)C(=S)c1ccccc1)C(=S)c1ccccc1. The summed E-state index contributed by atoms with van der Waals surface area (Å²) in [5.74, 6) is -1.07. The summed E-state index contributed by atoms with van der Waals surface area (Å²) in [6, 6.07) is 18.5. The van der Waals surface area contributed by atoms with Gasteiger partial charge in [0.1, 0.15) is 22.5 Å². The van der Waals surface area contributed by atoms with Crippen LogP contribution in [-0.2, 0) is 0 Å². The monoisotopic (exact) mass is 452 g/mol. The fourth-order valence-electron chi connectivity index (χ4n) is 2.72. The minimum Gasteiger partial charge on any atom is -0.471 e. The molecule has 2 aromatic carbocycles. The summed E-state index contributed by atoms with van der Waals surface area (Å²) < 4.78 is 5.12. The normalized spacial score (nSPS) is 10.1. The van der Waals surface area contributed by atoms with E-state index in [9.17, 15) is 9.59 Å². The van der Waals surface area contributed by atoms with Gasteiger partial charge < -0.3 is 4.42 Å². The van der Waals surface area contributed by atoms with Crippen molar-refractivity contribution in [3.63, 3.8) is 0 Å². The van der Waals surface area contributed by atoms with Gasteiger partial charge in [0.05, 0.1) is 11.1 Å². The second kappa shape index (κ2) is 9.96. The first-order valence-corrected chi connectivity index (χ1v) is 10.0. The molecule has 0 aliphatic carbocycles. The highest BCUT2D eigenvalue weighted by molar-refractivity contribution is 7.80. The summed E-state index contributed by atoms with van der Waals surface area (Å²) in [5, 5.41) is 2.83. The van der Waals surface area contributed by atoms with Crippen molar-refractivity contribution in [2.75, 3.05) is 14.1 Å². The zero-order valence-electron chi connectivity index (χ0n) is 16.9. The first-order chi connectivity index (χ1) is 14.9. The third-order valence-corrected chi connectivity index (χ3v) is 5.36. The molecule has 2 amide bonds. The number of nitrogens with one attached hydrogen (secondary N) is 2. The molecule has 0 fully saturated rings. The van der Waals surface area contributed by atoms with E-state index in [1.807, 2.05) is 60.7 Å². The first-order valence-electron chi connectivity index (χ1n) is 9.23. The molecule has 0 aliphatic rings. The van der Waals surface area contributed by atoms with Crippen molar-refractivity contribution in [3.05, 3.63) is 95.4 Å². The lowest BCUT2D eigenvalue weighted by atomic mass is 10.2. The lowest BCUT2D eigenvalue weighted by Crippen LogP contribution is -2.45. The van der Waals surface area contributed by atoms with Crippen molar-refractivity contribution in [1.82, 2.24) is 20.9 Å². The molecule has 0 saturated heterocycles. The molecule has 2 N–H and O–H groups in total. The number of hydrogen-bond acceptors (Lipinski definition) is 5. The third-order valence-electron chi connectivity index (χ3n) is 4.34. The standard InChI is InChI=1S/C22H20N4O3S2/c1-25(21(30)15-9-5-3-6-10-15)23-19(27)17-13-29-14-18(17)20(28)24-26(2)22(31)16-11-7-4-8-12-16/h3-14H,1-2H3,(H,23,27)(H,24,28). The van der Waals surface area contributed by atoms with Crippen LogP contribution in [0, 0.1) is 0 Å². The molecule has 3 rings (SSSR count). The van der Waals surface area contributed by atoms with Gasteiger partial charge in [-0.25, -0.2) is 0 Å². The Bertz CT molecular complexity index is 1010. The van der Waals surface area contributed by atoms with Crippen LogP contribution in [0.15, 0.2) is 77.6 Å². The average Bonchev–Trinajstić information content (AvgIpc) is 3.29.